The maximum Gasteiger partial charge on any atom is 0.227 e. The van der Waals surface area contributed by atoms with Crippen LogP contribution in [0.15, 0.2) is 40.3 Å². The molecule has 0 spiro atoms. The maximum absolute atomic E-state index is 12.8. The van der Waals surface area contributed by atoms with Crippen LogP contribution >= 0.6 is 22.6 Å². The Labute approximate surface area is 145 Å². The Hall–Kier alpha value is -0.890. The van der Waals surface area contributed by atoms with Gasteiger partial charge >= 0.3 is 0 Å². The number of allylic oxidation sites excluding steroid dienone is 1. The van der Waals surface area contributed by atoms with Gasteiger partial charge in [0.15, 0.2) is 0 Å². The van der Waals surface area contributed by atoms with Gasteiger partial charge in [-0.2, -0.15) is 0 Å². The van der Waals surface area contributed by atoms with Gasteiger partial charge in [-0.25, -0.2) is 8.42 Å². The van der Waals surface area contributed by atoms with E-state index in [9.17, 15) is 13.2 Å². The SMILES string of the molecule is Cc1ccc(S(=O)(=O)C2=CN(CCCI)C(=O)CC2C)cc1. The van der Waals surface area contributed by atoms with Crippen LogP contribution < -0.4 is 0 Å². The molecule has 1 atom stereocenters. The molecule has 1 aliphatic heterocycles. The molecular formula is C16H20INO3S. The van der Waals surface area contributed by atoms with Gasteiger partial charge in [-0.3, -0.25) is 4.79 Å². The van der Waals surface area contributed by atoms with E-state index in [-0.39, 0.29) is 18.2 Å². The van der Waals surface area contributed by atoms with E-state index in [2.05, 4.69) is 22.6 Å². The van der Waals surface area contributed by atoms with Crippen molar-refractivity contribution >= 4 is 38.3 Å². The van der Waals surface area contributed by atoms with Crippen molar-refractivity contribution < 1.29 is 13.2 Å². The third-order valence-corrected chi connectivity index (χ3v) is 6.53. The highest BCUT2D eigenvalue weighted by Gasteiger charge is 2.32. The molecule has 1 amide bonds. The van der Waals surface area contributed by atoms with Gasteiger partial charge in [0.1, 0.15) is 0 Å². The third-order valence-electron chi connectivity index (χ3n) is 3.74. The fourth-order valence-electron chi connectivity index (χ4n) is 2.44. The number of carbonyl (C=O) groups is 1. The monoisotopic (exact) mass is 433 g/mol. The van der Waals surface area contributed by atoms with Crippen molar-refractivity contribution in [3.8, 4) is 0 Å². The summed E-state index contributed by atoms with van der Waals surface area (Å²) in [6.07, 6.45) is 2.64. The summed E-state index contributed by atoms with van der Waals surface area (Å²) in [5, 5.41) is 0. The first kappa shape index (κ1) is 17.5. The highest BCUT2D eigenvalue weighted by Crippen LogP contribution is 2.31. The molecule has 0 aliphatic carbocycles. The summed E-state index contributed by atoms with van der Waals surface area (Å²) in [6.45, 7) is 4.29. The molecule has 1 unspecified atom stereocenters. The van der Waals surface area contributed by atoms with E-state index < -0.39 is 9.84 Å². The lowest BCUT2D eigenvalue weighted by Gasteiger charge is -2.28. The van der Waals surface area contributed by atoms with E-state index in [1.165, 1.54) is 6.20 Å². The number of nitrogens with zero attached hydrogens (tertiary/aromatic N) is 1. The van der Waals surface area contributed by atoms with Crippen LogP contribution in [0.5, 0.6) is 0 Å². The van der Waals surface area contributed by atoms with Crippen molar-refractivity contribution in [2.75, 3.05) is 11.0 Å². The second-order valence-corrected chi connectivity index (χ2v) is 8.61. The third kappa shape index (κ3) is 3.71. The molecular weight excluding hydrogens is 413 g/mol. The zero-order chi connectivity index (χ0) is 16.3. The van der Waals surface area contributed by atoms with Crippen LogP contribution in [-0.2, 0) is 14.6 Å². The predicted molar refractivity (Wildman–Crippen MR) is 95.4 cm³/mol. The largest absolute Gasteiger partial charge is 0.318 e. The summed E-state index contributed by atoms with van der Waals surface area (Å²) in [4.78, 5) is 14.2. The standard InChI is InChI=1S/C16H20INO3S/c1-12-4-6-14(7-5-12)22(20,21)15-11-18(9-3-8-17)16(19)10-13(15)2/h4-7,11,13H,3,8-10H2,1-2H3. The molecule has 0 saturated heterocycles. The van der Waals surface area contributed by atoms with E-state index in [0.717, 1.165) is 16.4 Å². The predicted octanol–water partition coefficient (Wildman–Crippen LogP) is 3.30. The first-order valence-electron chi connectivity index (χ1n) is 7.25. The molecule has 6 heteroatoms. The topological polar surface area (TPSA) is 54.5 Å². The van der Waals surface area contributed by atoms with Gasteiger partial charge in [0.05, 0.1) is 9.80 Å². The summed E-state index contributed by atoms with van der Waals surface area (Å²) in [6, 6.07) is 6.84. The van der Waals surface area contributed by atoms with Crippen LogP contribution in [0.3, 0.4) is 0 Å². The van der Waals surface area contributed by atoms with Crippen molar-refractivity contribution in [3.05, 3.63) is 40.9 Å². The molecule has 1 heterocycles. The Morgan fingerprint density at radius 1 is 1.27 bits per heavy atom. The molecule has 0 fully saturated rings. The molecule has 4 nitrogen and oxygen atoms in total. The summed E-state index contributed by atoms with van der Waals surface area (Å²) in [7, 11) is -3.54. The van der Waals surface area contributed by atoms with Gasteiger partial charge in [0.2, 0.25) is 15.7 Å². The molecule has 22 heavy (non-hydrogen) atoms. The highest BCUT2D eigenvalue weighted by molar-refractivity contribution is 14.1. The van der Waals surface area contributed by atoms with E-state index >= 15 is 0 Å². The number of halogens is 1. The zero-order valence-corrected chi connectivity index (χ0v) is 15.7. The fraction of sp³-hybridized carbons (Fsp3) is 0.438. The highest BCUT2D eigenvalue weighted by atomic mass is 127. The summed E-state index contributed by atoms with van der Waals surface area (Å²) >= 11 is 2.25. The summed E-state index contributed by atoms with van der Waals surface area (Å²) in [5.41, 5.74) is 1.02. The van der Waals surface area contributed by atoms with Gasteiger partial charge in [-0.15, -0.1) is 0 Å². The van der Waals surface area contributed by atoms with Crippen LogP contribution in [0.25, 0.3) is 0 Å². The second kappa shape index (κ2) is 7.12. The second-order valence-electron chi connectivity index (χ2n) is 5.58. The van der Waals surface area contributed by atoms with Crippen LogP contribution in [0.2, 0.25) is 0 Å². The first-order valence-corrected chi connectivity index (χ1v) is 10.3. The van der Waals surface area contributed by atoms with E-state index in [4.69, 9.17) is 0 Å². The van der Waals surface area contributed by atoms with Crippen LogP contribution in [-0.4, -0.2) is 30.2 Å². The number of sulfone groups is 1. The Morgan fingerprint density at radius 3 is 2.50 bits per heavy atom. The van der Waals surface area contributed by atoms with E-state index in [0.29, 0.717) is 16.3 Å². The van der Waals surface area contributed by atoms with Crippen molar-refractivity contribution in [1.82, 2.24) is 4.90 Å². The molecule has 0 N–H and O–H groups in total. The molecule has 0 bridgehead atoms. The normalized spacial score (nSPS) is 19.2. The van der Waals surface area contributed by atoms with Gasteiger partial charge in [-0.05, 0) is 25.5 Å². The fourth-order valence-corrected chi connectivity index (χ4v) is 4.43. The number of carbonyl (C=O) groups excluding carboxylic acids is 1. The maximum atomic E-state index is 12.8. The number of hydrogen-bond acceptors (Lipinski definition) is 3. The number of benzene rings is 1. The Morgan fingerprint density at radius 2 is 1.91 bits per heavy atom. The summed E-state index contributed by atoms with van der Waals surface area (Å²) < 4.78 is 26.6. The first-order chi connectivity index (χ1) is 10.4. The van der Waals surface area contributed by atoms with Crippen molar-refractivity contribution in [1.29, 1.82) is 0 Å². The number of hydrogen-bond donors (Lipinski definition) is 0. The van der Waals surface area contributed by atoms with Gasteiger partial charge in [0.25, 0.3) is 0 Å². The molecule has 2 rings (SSSR count). The molecule has 1 aromatic carbocycles. The molecule has 0 aromatic heterocycles. The van der Waals surface area contributed by atoms with Crippen LogP contribution in [0, 0.1) is 12.8 Å². The molecule has 1 aromatic rings. The Bertz CT molecular complexity index is 680. The number of alkyl halides is 1. The lowest BCUT2D eigenvalue weighted by atomic mass is 10.0. The van der Waals surface area contributed by atoms with Crippen molar-refractivity contribution in [2.45, 2.75) is 31.6 Å². The lowest BCUT2D eigenvalue weighted by molar-refractivity contribution is -0.130. The smallest absolute Gasteiger partial charge is 0.227 e. The van der Waals surface area contributed by atoms with Crippen molar-refractivity contribution in [2.24, 2.45) is 5.92 Å². The van der Waals surface area contributed by atoms with E-state index in [1.54, 1.807) is 36.1 Å². The minimum atomic E-state index is -3.54. The van der Waals surface area contributed by atoms with Crippen LogP contribution in [0.4, 0.5) is 0 Å². The molecule has 0 saturated carbocycles. The molecule has 120 valence electrons. The number of amides is 1. The lowest BCUT2D eigenvalue weighted by Crippen LogP contribution is -2.35. The molecule has 1 aliphatic rings. The average molecular weight is 433 g/mol. The van der Waals surface area contributed by atoms with Gasteiger partial charge in [-0.1, -0.05) is 47.2 Å². The van der Waals surface area contributed by atoms with Crippen LogP contribution in [0.1, 0.15) is 25.3 Å². The summed E-state index contributed by atoms with van der Waals surface area (Å²) in [5.74, 6) is -0.283. The Balaban J connectivity index is 2.38. The van der Waals surface area contributed by atoms with Gasteiger partial charge < -0.3 is 4.90 Å². The van der Waals surface area contributed by atoms with Crippen molar-refractivity contribution in [3.63, 3.8) is 0 Å². The average Bonchev–Trinajstić information content (AvgIpc) is 2.46. The minimum Gasteiger partial charge on any atom is -0.318 e. The quantitative estimate of drug-likeness (QED) is 0.529. The van der Waals surface area contributed by atoms with Gasteiger partial charge in [0, 0.05) is 29.5 Å². The zero-order valence-electron chi connectivity index (χ0n) is 12.8. The number of aryl methyl sites for hydroxylation is 1. The van der Waals surface area contributed by atoms with E-state index in [1.807, 2.05) is 6.92 Å². The molecule has 0 radical (unpaired) electrons. The number of rotatable bonds is 5. The minimum absolute atomic E-state index is 0.000191. The Kier molecular flexibility index (Phi) is 5.65.